The second-order valence-corrected chi connectivity index (χ2v) is 18.6. The minimum atomic E-state index is -0.817. The Morgan fingerprint density at radius 2 is 0.808 bits per heavy atom. The van der Waals surface area contributed by atoms with Gasteiger partial charge in [-0.1, -0.05) is 117 Å². The number of rotatable bonds is 37. The maximum atomic E-state index is 13.3. The molecule has 0 spiro atoms. The number of thioether (sulfide) groups is 2. The molecule has 0 aromatic heterocycles. The Bertz CT molecular complexity index is 879. The lowest BCUT2D eigenvalue weighted by Gasteiger charge is -2.28. The van der Waals surface area contributed by atoms with Gasteiger partial charge in [-0.25, -0.2) is 9.59 Å². The SMILES string of the molecule is CCCCCCCCCCC(SCCSC(CCCCCCCCCC)C(=O)NCCC[N+](C)(C)CC(=O)O)C(=O)NCCC[N+](C)(C)CC(=O)O. The zero-order valence-corrected chi connectivity index (χ0v) is 35.8. The summed E-state index contributed by atoms with van der Waals surface area (Å²) in [5.41, 5.74) is 0. The van der Waals surface area contributed by atoms with Gasteiger partial charge in [0.05, 0.1) is 51.8 Å². The summed E-state index contributed by atoms with van der Waals surface area (Å²) in [7, 11) is 7.61. The Kier molecular flexibility index (Phi) is 30.9. The Balaban J connectivity index is 5.10. The molecule has 0 aliphatic heterocycles. The number of unbranched alkanes of at least 4 members (excludes halogenated alkanes) is 14. The summed E-state index contributed by atoms with van der Waals surface area (Å²) in [6.45, 7) is 7.03. The van der Waals surface area contributed by atoms with Gasteiger partial charge >= 0.3 is 11.9 Å². The van der Waals surface area contributed by atoms with E-state index in [2.05, 4.69) is 24.5 Å². The van der Waals surface area contributed by atoms with Gasteiger partial charge in [-0.2, -0.15) is 0 Å². The largest absolute Gasteiger partial charge is 0.477 e. The van der Waals surface area contributed by atoms with Crippen molar-refractivity contribution in [3.8, 4) is 0 Å². The Hall–Kier alpha value is -1.50. The van der Waals surface area contributed by atoms with Crippen molar-refractivity contribution in [3.05, 3.63) is 0 Å². The number of hydrogen-bond acceptors (Lipinski definition) is 6. The normalized spacial score (nSPS) is 13.1. The van der Waals surface area contributed by atoms with Gasteiger partial charge in [0.1, 0.15) is 0 Å². The molecule has 0 aromatic carbocycles. The first-order valence-electron chi connectivity index (χ1n) is 20.6. The average Bonchev–Trinajstić information content (AvgIpc) is 3.06. The van der Waals surface area contributed by atoms with Gasteiger partial charge in [0.15, 0.2) is 13.1 Å². The van der Waals surface area contributed by atoms with Crippen LogP contribution in [-0.4, -0.2) is 132 Å². The summed E-state index contributed by atoms with van der Waals surface area (Å²) < 4.78 is 0.767. The second-order valence-electron chi connectivity index (χ2n) is 16.0. The molecule has 12 heteroatoms. The lowest BCUT2D eigenvalue weighted by Crippen LogP contribution is -2.45. The fourth-order valence-electron chi connectivity index (χ4n) is 6.44. The van der Waals surface area contributed by atoms with E-state index in [1.807, 2.05) is 28.2 Å². The van der Waals surface area contributed by atoms with Crippen LogP contribution in [0.5, 0.6) is 0 Å². The predicted octanol–water partition coefficient (Wildman–Crippen LogP) is 7.59. The first-order valence-corrected chi connectivity index (χ1v) is 22.7. The molecule has 0 aliphatic rings. The van der Waals surface area contributed by atoms with Gasteiger partial charge in [0.25, 0.3) is 0 Å². The Morgan fingerprint density at radius 1 is 0.500 bits per heavy atom. The van der Waals surface area contributed by atoms with E-state index < -0.39 is 11.9 Å². The minimum absolute atomic E-state index is 0.0604. The molecular formula is C40H80N4O6S2+2. The third-order valence-corrected chi connectivity index (χ3v) is 12.4. The van der Waals surface area contributed by atoms with Crippen LogP contribution in [0.3, 0.4) is 0 Å². The highest BCUT2D eigenvalue weighted by Gasteiger charge is 2.23. The van der Waals surface area contributed by atoms with Crippen LogP contribution in [0, 0.1) is 0 Å². The summed E-state index contributed by atoms with van der Waals surface area (Å²) in [5.74, 6) is 0.0949. The average molecular weight is 777 g/mol. The van der Waals surface area contributed by atoms with Crippen LogP contribution in [0.1, 0.15) is 142 Å². The van der Waals surface area contributed by atoms with Crippen molar-refractivity contribution in [3.63, 3.8) is 0 Å². The van der Waals surface area contributed by atoms with Crippen LogP contribution in [0.25, 0.3) is 0 Å². The number of likely N-dealkylation sites (N-methyl/N-ethyl adjacent to an activating group) is 2. The number of nitrogens with zero attached hydrogens (tertiary/aromatic N) is 2. The molecule has 0 rings (SSSR count). The van der Waals surface area contributed by atoms with E-state index in [0.717, 1.165) is 62.9 Å². The van der Waals surface area contributed by atoms with E-state index >= 15 is 0 Å². The van der Waals surface area contributed by atoms with Gasteiger partial charge in [-0.3, -0.25) is 9.59 Å². The third-order valence-electron chi connectivity index (χ3n) is 9.55. The summed E-state index contributed by atoms with van der Waals surface area (Å²) in [5, 5.41) is 24.4. The topological polar surface area (TPSA) is 133 Å². The van der Waals surface area contributed by atoms with E-state index in [9.17, 15) is 29.4 Å². The zero-order chi connectivity index (χ0) is 39.1. The summed E-state index contributed by atoms with van der Waals surface area (Å²) in [4.78, 5) is 49.0. The highest BCUT2D eigenvalue weighted by Crippen LogP contribution is 2.25. The predicted molar refractivity (Wildman–Crippen MR) is 221 cm³/mol. The molecule has 52 heavy (non-hydrogen) atoms. The standard InChI is InChI=1S/C40H78N4O6S2/c1-7-9-11-13-15-17-19-21-25-35(39(49)41-27-23-29-43(3,4)33-37(45)46)51-31-32-52-36(26-22-20-18-16-14-12-10-8-2)40(50)42-28-24-30-44(5,6)34-38(47)48/h35-36H,7-34H2,1-6H3,(H2-2,41,42,45,46,47,48,49,50)/p+2. The molecular weight excluding hydrogens is 697 g/mol. The number of hydrogen-bond donors (Lipinski definition) is 4. The van der Waals surface area contributed by atoms with Crippen LogP contribution in [0.15, 0.2) is 0 Å². The minimum Gasteiger partial charge on any atom is -0.477 e. The molecule has 0 aromatic rings. The molecule has 2 amide bonds. The van der Waals surface area contributed by atoms with E-state index in [-0.39, 0.29) is 35.4 Å². The molecule has 2 unspecified atom stereocenters. The molecule has 0 radical (unpaired) electrons. The maximum Gasteiger partial charge on any atom is 0.359 e. The number of quaternary nitrogens is 2. The van der Waals surface area contributed by atoms with Gasteiger partial charge in [-0.05, 0) is 12.8 Å². The smallest absolute Gasteiger partial charge is 0.359 e. The van der Waals surface area contributed by atoms with Crippen LogP contribution in [0.2, 0.25) is 0 Å². The number of carboxylic acids is 2. The highest BCUT2D eigenvalue weighted by molar-refractivity contribution is 8.04. The third kappa shape index (κ3) is 30.9. The molecule has 0 aliphatic carbocycles. The first kappa shape index (κ1) is 50.5. The van der Waals surface area contributed by atoms with Crippen molar-refractivity contribution in [2.45, 2.75) is 153 Å². The number of carboxylic acid groups (broad SMARTS) is 2. The maximum absolute atomic E-state index is 13.3. The lowest BCUT2D eigenvalue weighted by molar-refractivity contribution is -0.883. The lowest BCUT2D eigenvalue weighted by atomic mass is 10.1. The Labute approximate surface area is 326 Å². The molecule has 0 fully saturated rings. The van der Waals surface area contributed by atoms with E-state index in [1.165, 1.54) is 77.0 Å². The van der Waals surface area contributed by atoms with Crippen molar-refractivity contribution in [2.75, 3.05) is 79.0 Å². The van der Waals surface area contributed by atoms with Crippen molar-refractivity contribution >= 4 is 47.3 Å². The van der Waals surface area contributed by atoms with Crippen LogP contribution in [0.4, 0.5) is 0 Å². The summed E-state index contributed by atoms with van der Waals surface area (Å²) in [6.07, 6.45) is 22.7. The number of carbonyl (C=O) groups is 4. The monoisotopic (exact) mass is 777 g/mol. The molecule has 0 heterocycles. The number of aliphatic carboxylic acids is 2. The molecule has 0 bridgehead atoms. The Morgan fingerprint density at radius 3 is 1.12 bits per heavy atom. The number of nitrogens with one attached hydrogen (secondary N) is 2. The van der Waals surface area contributed by atoms with E-state index in [4.69, 9.17) is 0 Å². The fraction of sp³-hybridized carbons (Fsp3) is 0.900. The second kappa shape index (κ2) is 31.8. The fourth-order valence-corrected chi connectivity index (χ4v) is 8.92. The van der Waals surface area contributed by atoms with Crippen molar-refractivity contribution in [1.82, 2.24) is 10.6 Å². The van der Waals surface area contributed by atoms with E-state index in [0.29, 0.717) is 35.1 Å². The van der Waals surface area contributed by atoms with Gasteiger partial charge < -0.3 is 29.8 Å². The van der Waals surface area contributed by atoms with Crippen LogP contribution < -0.4 is 10.6 Å². The highest BCUT2D eigenvalue weighted by atomic mass is 32.2. The van der Waals surface area contributed by atoms with E-state index in [1.54, 1.807) is 23.5 Å². The van der Waals surface area contributed by atoms with Crippen LogP contribution >= 0.6 is 23.5 Å². The number of carbonyl (C=O) groups excluding carboxylic acids is 2. The molecule has 306 valence electrons. The van der Waals surface area contributed by atoms with Crippen molar-refractivity contribution in [1.29, 1.82) is 0 Å². The molecule has 10 nitrogen and oxygen atoms in total. The van der Waals surface area contributed by atoms with Crippen molar-refractivity contribution < 1.29 is 38.4 Å². The zero-order valence-electron chi connectivity index (χ0n) is 34.2. The van der Waals surface area contributed by atoms with Gasteiger partial charge in [-0.15, -0.1) is 23.5 Å². The van der Waals surface area contributed by atoms with Gasteiger partial charge in [0, 0.05) is 37.4 Å². The summed E-state index contributed by atoms with van der Waals surface area (Å²) in [6, 6.07) is 0. The molecule has 4 N–H and O–H groups in total. The van der Waals surface area contributed by atoms with Crippen molar-refractivity contribution in [2.24, 2.45) is 0 Å². The molecule has 0 saturated carbocycles. The summed E-state index contributed by atoms with van der Waals surface area (Å²) >= 11 is 3.41. The van der Waals surface area contributed by atoms with Crippen LogP contribution in [-0.2, 0) is 19.2 Å². The first-order chi connectivity index (χ1) is 24.7. The van der Waals surface area contributed by atoms with Gasteiger partial charge in [0.2, 0.25) is 11.8 Å². The molecule has 2 atom stereocenters. The quantitative estimate of drug-likeness (QED) is 0.0375. The molecule has 0 saturated heterocycles. The number of amides is 2.